The molecule has 90 valence electrons. The lowest BCUT2D eigenvalue weighted by Crippen LogP contribution is -1.98. The summed E-state index contributed by atoms with van der Waals surface area (Å²) in [7, 11) is 0. The van der Waals surface area contributed by atoms with E-state index in [0.717, 1.165) is 36.6 Å². The number of carbonyl (C=O) groups is 1. The van der Waals surface area contributed by atoms with Crippen LogP contribution in [0.2, 0.25) is 5.15 Å². The fraction of sp³-hybridized carbons (Fsp3) is 0.357. The molecule has 1 aromatic heterocycles. The van der Waals surface area contributed by atoms with Crippen LogP contribution in [0.5, 0.6) is 0 Å². The number of hydrogen-bond acceptors (Lipinski definition) is 1. The van der Waals surface area contributed by atoms with Crippen molar-refractivity contribution >= 4 is 28.8 Å². The van der Waals surface area contributed by atoms with E-state index in [0.29, 0.717) is 10.7 Å². The van der Waals surface area contributed by atoms with Gasteiger partial charge in [-0.2, -0.15) is 0 Å². The van der Waals surface area contributed by atoms with E-state index in [1.165, 1.54) is 5.56 Å². The van der Waals surface area contributed by atoms with Gasteiger partial charge in [-0.05, 0) is 18.4 Å². The van der Waals surface area contributed by atoms with Gasteiger partial charge in [-0.1, -0.05) is 43.6 Å². The van der Waals surface area contributed by atoms with Gasteiger partial charge in [0.05, 0.1) is 11.1 Å². The van der Waals surface area contributed by atoms with Gasteiger partial charge in [0.25, 0.3) is 0 Å². The van der Waals surface area contributed by atoms with Crippen molar-refractivity contribution < 1.29 is 4.79 Å². The predicted octanol–water partition coefficient (Wildman–Crippen LogP) is 4.08. The second kappa shape index (κ2) is 4.92. The topological polar surface area (TPSA) is 22.0 Å². The van der Waals surface area contributed by atoms with Crippen molar-refractivity contribution in [3.63, 3.8) is 0 Å². The third-order valence-corrected chi connectivity index (χ3v) is 3.49. The quantitative estimate of drug-likeness (QED) is 0.749. The van der Waals surface area contributed by atoms with E-state index in [1.54, 1.807) is 0 Å². The van der Waals surface area contributed by atoms with E-state index in [2.05, 4.69) is 24.5 Å². The lowest BCUT2D eigenvalue weighted by Gasteiger charge is -2.08. The number of halogens is 1. The molecule has 0 radical (unpaired) electrons. The number of aldehydes is 1. The Hall–Kier alpha value is -1.28. The highest BCUT2D eigenvalue weighted by molar-refractivity contribution is 6.34. The predicted molar refractivity (Wildman–Crippen MR) is 72.0 cm³/mol. The molecule has 0 aliphatic rings. The van der Waals surface area contributed by atoms with Gasteiger partial charge in [0.2, 0.25) is 0 Å². The molecule has 17 heavy (non-hydrogen) atoms. The Morgan fingerprint density at radius 2 is 2.12 bits per heavy atom. The second-order valence-electron chi connectivity index (χ2n) is 4.14. The maximum Gasteiger partial charge on any atom is 0.153 e. The molecule has 0 aliphatic carbocycles. The Labute approximate surface area is 106 Å². The van der Waals surface area contributed by atoms with Crippen LogP contribution in [0, 0.1) is 0 Å². The third kappa shape index (κ3) is 1.87. The van der Waals surface area contributed by atoms with Gasteiger partial charge >= 0.3 is 0 Å². The molecule has 0 bridgehead atoms. The Morgan fingerprint density at radius 3 is 2.71 bits per heavy atom. The first-order chi connectivity index (χ1) is 8.24. The molecule has 1 heterocycles. The lowest BCUT2D eigenvalue weighted by molar-refractivity contribution is 0.112. The molecule has 0 spiro atoms. The van der Waals surface area contributed by atoms with Crippen LogP contribution in [-0.2, 0) is 13.0 Å². The van der Waals surface area contributed by atoms with Gasteiger partial charge in [-0.25, -0.2) is 0 Å². The van der Waals surface area contributed by atoms with E-state index in [4.69, 9.17) is 11.6 Å². The van der Waals surface area contributed by atoms with E-state index in [1.807, 2.05) is 12.1 Å². The second-order valence-corrected chi connectivity index (χ2v) is 4.50. The molecule has 0 unspecified atom stereocenters. The highest BCUT2D eigenvalue weighted by atomic mass is 35.5. The van der Waals surface area contributed by atoms with Crippen LogP contribution in [0.4, 0.5) is 0 Å². The molecule has 0 aliphatic heterocycles. The molecular weight excluding hydrogens is 234 g/mol. The zero-order valence-corrected chi connectivity index (χ0v) is 10.9. The maximum atomic E-state index is 11.2. The summed E-state index contributed by atoms with van der Waals surface area (Å²) in [5, 5.41) is 1.54. The standard InChI is InChI=1S/C14H16ClNO/c1-3-8-16-13-10(4-2)6-5-7-11(13)12(9-17)14(16)15/h5-7,9H,3-4,8H2,1-2H3. The van der Waals surface area contributed by atoms with Crippen molar-refractivity contribution in [3.05, 3.63) is 34.5 Å². The number of hydrogen-bond donors (Lipinski definition) is 0. The summed E-state index contributed by atoms with van der Waals surface area (Å²) < 4.78 is 2.06. The first-order valence-electron chi connectivity index (χ1n) is 5.99. The summed E-state index contributed by atoms with van der Waals surface area (Å²) in [5.74, 6) is 0. The van der Waals surface area contributed by atoms with Crippen molar-refractivity contribution in [2.75, 3.05) is 0 Å². The van der Waals surface area contributed by atoms with Gasteiger partial charge in [0, 0.05) is 11.9 Å². The summed E-state index contributed by atoms with van der Waals surface area (Å²) in [6, 6.07) is 6.05. The van der Waals surface area contributed by atoms with E-state index < -0.39 is 0 Å². The Kier molecular flexibility index (Phi) is 3.53. The van der Waals surface area contributed by atoms with Crippen molar-refractivity contribution in [1.29, 1.82) is 0 Å². The zero-order chi connectivity index (χ0) is 12.4. The Balaban J connectivity index is 2.85. The number of benzene rings is 1. The van der Waals surface area contributed by atoms with Gasteiger partial charge < -0.3 is 4.57 Å². The molecule has 0 fully saturated rings. The number of rotatable bonds is 4. The van der Waals surface area contributed by atoms with Crippen LogP contribution >= 0.6 is 11.6 Å². The fourth-order valence-corrected chi connectivity index (χ4v) is 2.63. The summed E-state index contributed by atoms with van der Waals surface area (Å²) in [4.78, 5) is 11.2. The average Bonchev–Trinajstić information content (AvgIpc) is 2.62. The Morgan fingerprint density at radius 1 is 1.35 bits per heavy atom. The maximum absolute atomic E-state index is 11.2. The zero-order valence-electron chi connectivity index (χ0n) is 10.2. The van der Waals surface area contributed by atoms with Gasteiger partial charge in [-0.3, -0.25) is 4.79 Å². The molecule has 0 saturated carbocycles. The highest BCUT2D eigenvalue weighted by Gasteiger charge is 2.16. The van der Waals surface area contributed by atoms with Crippen LogP contribution in [0.3, 0.4) is 0 Å². The van der Waals surface area contributed by atoms with Crippen molar-refractivity contribution in [1.82, 2.24) is 4.57 Å². The molecule has 2 aromatic rings. The highest BCUT2D eigenvalue weighted by Crippen LogP contribution is 2.31. The van der Waals surface area contributed by atoms with Gasteiger partial charge in [-0.15, -0.1) is 0 Å². The molecule has 2 rings (SSSR count). The van der Waals surface area contributed by atoms with Crippen LogP contribution < -0.4 is 0 Å². The number of aromatic nitrogens is 1. The minimum atomic E-state index is 0.567. The number of carbonyl (C=O) groups excluding carboxylic acids is 1. The molecule has 2 nitrogen and oxygen atoms in total. The van der Waals surface area contributed by atoms with Crippen molar-refractivity contribution in [2.45, 2.75) is 33.2 Å². The normalized spacial score (nSPS) is 11.0. The molecule has 0 atom stereocenters. The third-order valence-electron chi connectivity index (χ3n) is 3.08. The summed E-state index contributed by atoms with van der Waals surface area (Å²) in [6.07, 6.45) is 2.80. The monoisotopic (exact) mass is 249 g/mol. The van der Waals surface area contributed by atoms with Crippen molar-refractivity contribution in [3.8, 4) is 0 Å². The molecular formula is C14H16ClNO. The minimum absolute atomic E-state index is 0.567. The largest absolute Gasteiger partial charge is 0.331 e. The van der Waals surface area contributed by atoms with E-state index in [9.17, 15) is 4.79 Å². The van der Waals surface area contributed by atoms with E-state index >= 15 is 0 Å². The minimum Gasteiger partial charge on any atom is -0.331 e. The van der Waals surface area contributed by atoms with Crippen LogP contribution in [0.25, 0.3) is 10.9 Å². The number of fused-ring (bicyclic) bond motifs is 1. The molecule has 3 heteroatoms. The van der Waals surface area contributed by atoms with Crippen LogP contribution in [0.15, 0.2) is 18.2 Å². The smallest absolute Gasteiger partial charge is 0.153 e. The van der Waals surface area contributed by atoms with Gasteiger partial charge in [0.1, 0.15) is 5.15 Å². The SMILES string of the molecule is CCCn1c(Cl)c(C=O)c2cccc(CC)c21. The average molecular weight is 250 g/mol. The molecule has 0 amide bonds. The van der Waals surface area contributed by atoms with Gasteiger partial charge in [0.15, 0.2) is 6.29 Å². The summed E-state index contributed by atoms with van der Waals surface area (Å²) in [6.45, 7) is 5.07. The fourth-order valence-electron chi connectivity index (χ4n) is 2.31. The van der Waals surface area contributed by atoms with Crippen molar-refractivity contribution in [2.24, 2.45) is 0 Å². The molecule has 1 aromatic carbocycles. The van der Waals surface area contributed by atoms with Crippen LogP contribution in [0.1, 0.15) is 36.2 Å². The molecule has 0 N–H and O–H groups in total. The number of aryl methyl sites for hydroxylation is 2. The summed E-state index contributed by atoms with van der Waals surface area (Å²) in [5.41, 5.74) is 2.97. The Bertz CT molecular complexity index is 557. The van der Waals surface area contributed by atoms with E-state index in [-0.39, 0.29) is 0 Å². The first-order valence-corrected chi connectivity index (χ1v) is 6.37. The summed E-state index contributed by atoms with van der Waals surface area (Å²) >= 11 is 6.29. The molecule has 0 saturated heterocycles. The lowest BCUT2D eigenvalue weighted by atomic mass is 10.1. The number of para-hydroxylation sites is 1. The number of nitrogens with zero attached hydrogens (tertiary/aromatic N) is 1. The first kappa shape index (κ1) is 12.2. The van der Waals surface area contributed by atoms with Crippen LogP contribution in [-0.4, -0.2) is 10.9 Å².